The van der Waals surface area contributed by atoms with Gasteiger partial charge in [0, 0.05) is 13.0 Å². The molecule has 0 aromatic heterocycles. The summed E-state index contributed by atoms with van der Waals surface area (Å²) in [4.78, 5) is 13.8. The van der Waals surface area contributed by atoms with E-state index in [-0.39, 0.29) is 24.0 Å². The minimum atomic E-state index is -0.469. The molecule has 0 saturated carbocycles. The van der Waals surface area contributed by atoms with Gasteiger partial charge < -0.3 is 14.4 Å². The molecule has 0 bridgehead atoms. The smallest absolute Gasteiger partial charge is 0.254 e. The summed E-state index contributed by atoms with van der Waals surface area (Å²) in [6.07, 6.45) is -0.289. The molecule has 2 fully saturated rings. The number of hydrogen-bond donors (Lipinski definition) is 0. The van der Waals surface area contributed by atoms with Crippen molar-refractivity contribution in [2.75, 3.05) is 13.7 Å². The van der Waals surface area contributed by atoms with Crippen molar-refractivity contribution >= 4 is 5.91 Å². The second kappa shape index (κ2) is 2.94. The van der Waals surface area contributed by atoms with Gasteiger partial charge in [0.05, 0.1) is 12.6 Å². The maximum absolute atomic E-state index is 12.0. The molecule has 0 aromatic carbocycles. The Morgan fingerprint density at radius 2 is 2.21 bits per heavy atom. The normalized spacial score (nSPS) is 40.4. The average molecular weight is 199 g/mol. The average Bonchev–Trinajstić information content (AvgIpc) is 2.53. The van der Waals surface area contributed by atoms with Crippen molar-refractivity contribution in [2.45, 2.75) is 38.6 Å². The molecule has 4 heteroatoms. The molecule has 2 heterocycles. The van der Waals surface area contributed by atoms with Crippen LogP contribution in [0, 0.1) is 5.92 Å². The number of hydrogen-bond acceptors (Lipinski definition) is 3. The maximum Gasteiger partial charge on any atom is 0.254 e. The molecule has 2 aliphatic heterocycles. The van der Waals surface area contributed by atoms with E-state index in [1.807, 2.05) is 25.7 Å². The first-order valence-electron chi connectivity index (χ1n) is 4.99. The largest absolute Gasteiger partial charge is 0.371 e. The highest BCUT2D eigenvalue weighted by molar-refractivity contribution is 5.85. The molecule has 0 radical (unpaired) electrons. The third kappa shape index (κ3) is 1.10. The van der Waals surface area contributed by atoms with Gasteiger partial charge >= 0.3 is 0 Å². The van der Waals surface area contributed by atoms with Gasteiger partial charge in [0.1, 0.15) is 11.8 Å². The highest BCUT2D eigenvalue weighted by atomic mass is 16.5. The molecule has 0 aliphatic carbocycles. The fourth-order valence-electron chi connectivity index (χ4n) is 2.53. The zero-order chi connectivity index (χ0) is 10.5. The van der Waals surface area contributed by atoms with Crippen molar-refractivity contribution in [3.05, 3.63) is 0 Å². The zero-order valence-corrected chi connectivity index (χ0v) is 9.11. The Balaban J connectivity index is 2.30. The molecule has 0 N–H and O–H groups in total. The van der Waals surface area contributed by atoms with Gasteiger partial charge in [-0.15, -0.1) is 0 Å². The van der Waals surface area contributed by atoms with Crippen LogP contribution in [0.25, 0.3) is 0 Å². The molecule has 0 unspecified atom stereocenters. The number of amides is 1. The van der Waals surface area contributed by atoms with Gasteiger partial charge in [-0.1, -0.05) is 6.92 Å². The van der Waals surface area contributed by atoms with Crippen LogP contribution in [-0.4, -0.2) is 42.4 Å². The first kappa shape index (κ1) is 9.93. The number of carbonyl (C=O) groups is 1. The third-order valence-electron chi connectivity index (χ3n) is 3.34. The number of ether oxygens (including phenoxy) is 2. The Labute approximate surface area is 84.2 Å². The van der Waals surface area contributed by atoms with Crippen LogP contribution in [0.3, 0.4) is 0 Å². The molecule has 0 spiro atoms. The summed E-state index contributed by atoms with van der Waals surface area (Å²) in [6, 6.07) is 0.183. The maximum atomic E-state index is 12.0. The van der Waals surface area contributed by atoms with Crippen LogP contribution in [0.1, 0.15) is 20.8 Å². The van der Waals surface area contributed by atoms with Gasteiger partial charge in [-0.2, -0.15) is 0 Å². The Hall–Kier alpha value is -0.610. The zero-order valence-electron chi connectivity index (χ0n) is 9.11. The van der Waals surface area contributed by atoms with E-state index in [1.54, 1.807) is 7.11 Å². The molecule has 14 heavy (non-hydrogen) atoms. The van der Waals surface area contributed by atoms with Crippen LogP contribution in [0.5, 0.6) is 0 Å². The Bertz CT molecular complexity index is 264. The van der Waals surface area contributed by atoms with Crippen LogP contribution in [0.4, 0.5) is 0 Å². The lowest BCUT2D eigenvalue weighted by Crippen LogP contribution is -2.45. The summed E-state index contributed by atoms with van der Waals surface area (Å²) in [6.45, 7) is 6.52. The minimum Gasteiger partial charge on any atom is -0.371 e. The lowest BCUT2D eigenvalue weighted by atomic mass is 10.0. The predicted molar refractivity (Wildman–Crippen MR) is 50.6 cm³/mol. The van der Waals surface area contributed by atoms with Gasteiger partial charge in [0.25, 0.3) is 5.91 Å². The number of methoxy groups -OCH3 is 1. The van der Waals surface area contributed by atoms with E-state index in [2.05, 4.69) is 0 Å². The van der Waals surface area contributed by atoms with Crippen LogP contribution < -0.4 is 0 Å². The number of carbonyl (C=O) groups excluding carboxylic acids is 1. The SMILES string of the molecule is CO[C@H]1C(=O)N2[C@H](COC2(C)C)[C@@H]1C. The highest BCUT2D eigenvalue weighted by Gasteiger charge is 2.55. The first-order valence-corrected chi connectivity index (χ1v) is 4.99. The van der Waals surface area contributed by atoms with Crippen LogP contribution in [0.15, 0.2) is 0 Å². The van der Waals surface area contributed by atoms with Crippen molar-refractivity contribution in [3.8, 4) is 0 Å². The molecule has 0 aromatic rings. The van der Waals surface area contributed by atoms with E-state index in [4.69, 9.17) is 9.47 Å². The quantitative estimate of drug-likeness (QED) is 0.621. The number of rotatable bonds is 1. The predicted octanol–water partition coefficient (Wildman–Crippen LogP) is 0.615. The van der Waals surface area contributed by atoms with E-state index >= 15 is 0 Å². The van der Waals surface area contributed by atoms with E-state index in [0.717, 1.165) is 0 Å². The fourth-order valence-corrected chi connectivity index (χ4v) is 2.53. The summed E-state index contributed by atoms with van der Waals surface area (Å²) in [5, 5.41) is 0. The van der Waals surface area contributed by atoms with Gasteiger partial charge in [-0.05, 0) is 13.8 Å². The summed E-state index contributed by atoms with van der Waals surface area (Å²) in [7, 11) is 1.59. The van der Waals surface area contributed by atoms with E-state index < -0.39 is 5.72 Å². The molecule has 2 aliphatic rings. The van der Waals surface area contributed by atoms with Crippen molar-refractivity contribution in [3.63, 3.8) is 0 Å². The minimum absolute atomic E-state index is 0.0625. The van der Waals surface area contributed by atoms with Crippen LogP contribution >= 0.6 is 0 Å². The van der Waals surface area contributed by atoms with Gasteiger partial charge in [-0.3, -0.25) is 4.79 Å². The van der Waals surface area contributed by atoms with E-state index in [9.17, 15) is 4.79 Å². The molecule has 2 saturated heterocycles. The molecule has 80 valence electrons. The van der Waals surface area contributed by atoms with Crippen LogP contribution in [0.2, 0.25) is 0 Å². The lowest BCUT2D eigenvalue weighted by molar-refractivity contribution is -0.150. The van der Waals surface area contributed by atoms with Gasteiger partial charge in [-0.25, -0.2) is 0 Å². The number of fused-ring (bicyclic) bond motifs is 1. The van der Waals surface area contributed by atoms with Crippen molar-refractivity contribution in [1.29, 1.82) is 0 Å². The topological polar surface area (TPSA) is 38.8 Å². The third-order valence-corrected chi connectivity index (χ3v) is 3.34. The van der Waals surface area contributed by atoms with Crippen molar-refractivity contribution in [2.24, 2.45) is 5.92 Å². The Kier molecular flexibility index (Phi) is 2.08. The molecule has 2 rings (SSSR count). The monoisotopic (exact) mass is 199 g/mol. The Morgan fingerprint density at radius 3 is 2.71 bits per heavy atom. The second-order valence-corrected chi connectivity index (χ2v) is 4.55. The lowest BCUT2D eigenvalue weighted by Gasteiger charge is -2.29. The highest BCUT2D eigenvalue weighted by Crippen LogP contribution is 2.39. The summed E-state index contributed by atoms with van der Waals surface area (Å²) in [5.41, 5.74) is -0.469. The molecule has 3 atom stereocenters. The van der Waals surface area contributed by atoms with E-state index in [1.165, 1.54) is 0 Å². The van der Waals surface area contributed by atoms with Gasteiger partial charge in [0.2, 0.25) is 0 Å². The molecular formula is C10H17NO3. The number of nitrogens with zero attached hydrogens (tertiary/aromatic N) is 1. The van der Waals surface area contributed by atoms with Crippen molar-refractivity contribution in [1.82, 2.24) is 4.90 Å². The Morgan fingerprint density at radius 1 is 1.57 bits per heavy atom. The van der Waals surface area contributed by atoms with E-state index in [0.29, 0.717) is 6.61 Å². The standard InChI is InChI=1S/C10H17NO3/c1-6-7-5-14-10(2,3)11(7)9(12)8(6)13-4/h6-8H,5H2,1-4H3/t6-,7+,8+/m0/s1. The molecule has 4 nitrogen and oxygen atoms in total. The molecular weight excluding hydrogens is 182 g/mol. The molecule has 1 amide bonds. The fraction of sp³-hybridized carbons (Fsp3) is 0.900. The van der Waals surface area contributed by atoms with Gasteiger partial charge in [0.15, 0.2) is 0 Å². The van der Waals surface area contributed by atoms with Crippen molar-refractivity contribution < 1.29 is 14.3 Å². The summed E-state index contributed by atoms with van der Waals surface area (Å²) in [5.74, 6) is 0.279. The first-order chi connectivity index (χ1) is 6.49. The summed E-state index contributed by atoms with van der Waals surface area (Å²) < 4.78 is 10.8. The van der Waals surface area contributed by atoms with Crippen LogP contribution in [-0.2, 0) is 14.3 Å². The summed E-state index contributed by atoms with van der Waals surface area (Å²) >= 11 is 0. The second-order valence-electron chi connectivity index (χ2n) is 4.55.